The fraction of sp³-hybridized carbons (Fsp3) is 0.333. The highest BCUT2D eigenvalue weighted by Crippen LogP contribution is 2.29. The van der Waals surface area contributed by atoms with Crippen LogP contribution in [0.25, 0.3) is 0 Å². The number of rotatable bonds is 5. The molecule has 22 heavy (non-hydrogen) atoms. The van der Waals surface area contributed by atoms with E-state index in [0.29, 0.717) is 25.3 Å². The summed E-state index contributed by atoms with van der Waals surface area (Å²) in [5.74, 6) is 0.436. The van der Waals surface area contributed by atoms with E-state index < -0.39 is 6.10 Å². The first kappa shape index (κ1) is 15.0. The summed E-state index contributed by atoms with van der Waals surface area (Å²) in [5, 5.41) is 13.5. The third-order valence-electron chi connectivity index (χ3n) is 3.95. The summed E-state index contributed by atoms with van der Waals surface area (Å²) >= 11 is 0. The Morgan fingerprint density at radius 3 is 2.86 bits per heavy atom. The Morgan fingerprint density at radius 1 is 1.23 bits per heavy atom. The van der Waals surface area contributed by atoms with Crippen molar-refractivity contribution in [2.24, 2.45) is 0 Å². The van der Waals surface area contributed by atoms with Gasteiger partial charge in [0.15, 0.2) is 0 Å². The molecule has 1 unspecified atom stereocenters. The van der Waals surface area contributed by atoms with E-state index in [0.717, 1.165) is 12.0 Å². The Bertz CT molecular complexity index is 618. The minimum absolute atomic E-state index is 0.245. The second-order valence-corrected chi connectivity index (χ2v) is 5.63. The summed E-state index contributed by atoms with van der Waals surface area (Å²) in [6, 6.07) is 14.6. The third kappa shape index (κ3) is 3.64. The summed E-state index contributed by atoms with van der Waals surface area (Å²) in [4.78, 5) is 0. The van der Waals surface area contributed by atoms with Gasteiger partial charge in [0.05, 0.1) is 0 Å². The smallest absolute Gasteiger partial charge is 0.126 e. The van der Waals surface area contributed by atoms with Crippen LogP contribution in [0, 0.1) is 5.82 Å². The van der Waals surface area contributed by atoms with Crippen molar-refractivity contribution >= 4 is 0 Å². The maximum Gasteiger partial charge on any atom is 0.126 e. The normalized spacial score (nSPS) is 18.4. The summed E-state index contributed by atoms with van der Waals surface area (Å²) in [6.45, 7) is 1.18. The standard InChI is InChI=1S/C18H20FNO2/c19-15-7-9-17-14(10-15)6-8-18(22-17)16(21)12-20-11-13-4-2-1-3-5-13/h1-5,7,9-10,16,18,20-21H,6,8,11-12H2/t16?,18-/m1/s1. The molecule has 0 amide bonds. The molecule has 2 aromatic carbocycles. The highest BCUT2D eigenvalue weighted by Gasteiger charge is 2.26. The summed E-state index contributed by atoms with van der Waals surface area (Å²) in [5.41, 5.74) is 2.06. The van der Waals surface area contributed by atoms with Gasteiger partial charge >= 0.3 is 0 Å². The number of halogens is 1. The lowest BCUT2D eigenvalue weighted by molar-refractivity contribution is 0.0243. The van der Waals surface area contributed by atoms with Crippen LogP contribution < -0.4 is 10.1 Å². The average molecular weight is 301 g/mol. The van der Waals surface area contributed by atoms with Gasteiger partial charge in [-0.05, 0) is 42.2 Å². The second-order valence-electron chi connectivity index (χ2n) is 5.63. The molecule has 0 bridgehead atoms. The van der Waals surface area contributed by atoms with Crippen LogP contribution in [0.1, 0.15) is 17.5 Å². The fourth-order valence-corrected chi connectivity index (χ4v) is 2.74. The number of aliphatic hydroxyl groups excluding tert-OH is 1. The fourth-order valence-electron chi connectivity index (χ4n) is 2.74. The van der Waals surface area contributed by atoms with Crippen LogP contribution in [0.15, 0.2) is 48.5 Å². The molecule has 0 fully saturated rings. The molecule has 2 aromatic rings. The molecule has 0 saturated heterocycles. The first-order valence-electron chi connectivity index (χ1n) is 7.60. The average Bonchev–Trinajstić information content (AvgIpc) is 2.55. The molecule has 1 heterocycles. The van der Waals surface area contributed by atoms with Gasteiger partial charge in [0.2, 0.25) is 0 Å². The predicted octanol–water partition coefficient (Wildman–Crippen LogP) is 2.67. The molecule has 0 spiro atoms. The largest absolute Gasteiger partial charge is 0.487 e. The van der Waals surface area contributed by atoms with E-state index in [1.807, 2.05) is 30.3 Å². The van der Waals surface area contributed by atoms with E-state index in [9.17, 15) is 9.50 Å². The molecule has 116 valence electrons. The van der Waals surface area contributed by atoms with E-state index in [-0.39, 0.29) is 11.9 Å². The van der Waals surface area contributed by atoms with Crippen molar-refractivity contribution in [1.29, 1.82) is 0 Å². The van der Waals surface area contributed by atoms with E-state index in [4.69, 9.17) is 4.74 Å². The number of ether oxygens (including phenoxy) is 1. The molecular formula is C18H20FNO2. The van der Waals surface area contributed by atoms with Gasteiger partial charge in [-0.2, -0.15) is 0 Å². The van der Waals surface area contributed by atoms with Crippen molar-refractivity contribution in [3.63, 3.8) is 0 Å². The van der Waals surface area contributed by atoms with Gasteiger partial charge in [-0.3, -0.25) is 0 Å². The third-order valence-corrected chi connectivity index (χ3v) is 3.95. The molecule has 2 N–H and O–H groups in total. The van der Waals surface area contributed by atoms with Crippen LogP contribution in [0.3, 0.4) is 0 Å². The van der Waals surface area contributed by atoms with Gasteiger partial charge in [0.1, 0.15) is 23.8 Å². The second kappa shape index (κ2) is 6.90. The Kier molecular flexibility index (Phi) is 4.71. The van der Waals surface area contributed by atoms with Gasteiger partial charge in [-0.1, -0.05) is 30.3 Å². The quantitative estimate of drug-likeness (QED) is 0.892. The van der Waals surface area contributed by atoms with Crippen molar-refractivity contribution in [2.45, 2.75) is 31.6 Å². The first-order valence-corrected chi connectivity index (χ1v) is 7.60. The molecule has 0 saturated carbocycles. The van der Waals surface area contributed by atoms with Crippen molar-refractivity contribution in [2.75, 3.05) is 6.54 Å². The molecule has 3 nitrogen and oxygen atoms in total. The summed E-state index contributed by atoms with van der Waals surface area (Å²) in [7, 11) is 0. The Balaban J connectivity index is 1.51. The number of hydrogen-bond acceptors (Lipinski definition) is 3. The van der Waals surface area contributed by atoms with E-state index in [2.05, 4.69) is 5.32 Å². The van der Waals surface area contributed by atoms with Crippen LogP contribution in [0.2, 0.25) is 0 Å². The van der Waals surface area contributed by atoms with Gasteiger partial charge in [-0.25, -0.2) is 4.39 Å². The van der Waals surface area contributed by atoms with E-state index >= 15 is 0 Å². The minimum atomic E-state index is -0.582. The van der Waals surface area contributed by atoms with Gasteiger partial charge in [0, 0.05) is 13.1 Å². The lowest BCUT2D eigenvalue weighted by Gasteiger charge is -2.29. The van der Waals surface area contributed by atoms with E-state index in [1.165, 1.54) is 17.7 Å². The SMILES string of the molecule is OC(CNCc1ccccc1)[C@H]1CCc2cc(F)ccc2O1. The summed E-state index contributed by atoms with van der Waals surface area (Å²) in [6.07, 6.45) is 0.598. The molecule has 3 rings (SSSR count). The minimum Gasteiger partial charge on any atom is -0.487 e. The molecule has 1 aliphatic heterocycles. The lowest BCUT2D eigenvalue weighted by atomic mass is 9.99. The molecule has 0 radical (unpaired) electrons. The number of benzene rings is 2. The van der Waals surface area contributed by atoms with Gasteiger partial charge < -0.3 is 15.2 Å². The monoisotopic (exact) mass is 301 g/mol. The topological polar surface area (TPSA) is 41.5 Å². The molecular weight excluding hydrogens is 281 g/mol. The number of aliphatic hydroxyl groups is 1. The zero-order valence-corrected chi connectivity index (χ0v) is 12.3. The number of fused-ring (bicyclic) bond motifs is 1. The first-order chi connectivity index (χ1) is 10.7. The highest BCUT2D eigenvalue weighted by molar-refractivity contribution is 5.36. The maximum atomic E-state index is 13.2. The Morgan fingerprint density at radius 2 is 2.05 bits per heavy atom. The number of aryl methyl sites for hydroxylation is 1. The Hall–Kier alpha value is -1.91. The predicted molar refractivity (Wildman–Crippen MR) is 83.3 cm³/mol. The van der Waals surface area contributed by atoms with E-state index in [1.54, 1.807) is 6.07 Å². The molecule has 2 atom stereocenters. The van der Waals surface area contributed by atoms with Crippen molar-refractivity contribution < 1.29 is 14.2 Å². The van der Waals surface area contributed by atoms with Crippen LogP contribution >= 0.6 is 0 Å². The van der Waals surface area contributed by atoms with Gasteiger partial charge in [-0.15, -0.1) is 0 Å². The number of nitrogens with one attached hydrogen (secondary N) is 1. The van der Waals surface area contributed by atoms with Crippen molar-refractivity contribution in [1.82, 2.24) is 5.32 Å². The van der Waals surface area contributed by atoms with Crippen LogP contribution in [-0.2, 0) is 13.0 Å². The molecule has 1 aliphatic rings. The Labute approximate surface area is 129 Å². The van der Waals surface area contributed by atoms with Crippen LogP contribution in [0.4, 0.5) is 4.39 Å². The van der Waals surface area contributed by atoms with Gasteiger partial charge in [0.25, 0.3) is 0 Å². The zero-order chi connectivity index (χ0) is 15.4. The molecule has 4 heteroatoms. The summed E-state index contributed by atoms with van der Waals surface area (Å²) < 4.78 is 19.0. The molecule has 0 aliphatic carbocycles. The maximum absolute atomic E-state index is 13.2. The van der Waals surface area contributed by atoms with Crippen molar-refractivity contribution in [3.8, 4) is 5.75 Å². The van der Waals surface area contributed by atoms with Crippen LogP contribution in [-0.4, -0.2) is 23.9 Å². The highest BCUT2D eigenvalue weighted by atomic mass is 19.1. The zero-order valence-electron chi connectivity index (χ0n) is 12.3. The van der Waals surface area contributed by atoms with Crippen LogP contribution in [0.5, 0.6) is 5.75 Å². The number of hydrogen-bond donors (Lipinski definition) is 2. The lowest BCUT2D eigenvalue weighted by Crippen LogP contribution is -2.41. The molecule has 0 aromatic heterocycles. The van der Waals surface area contributed by atoms with Crippen molar-refractivity contribution in [3.05, 3.63) is 65.5 Å².